The molecule has 1 N–H and O–H groups in total. The lowest BCUT2D eigenvalue weighted by atomic mass is 9.49. The Bertz CT molecular complexity index is 901. The van der Waals surface area contributed by atoms with Gasteiger partial charge in [0.2, 0.25) is 0 Å². The van der Waals surface area contributed by atoms with Crippen molar-refractivity contribution in [3.8, 4) is 0 Å². The molecule has 0 aromatic carbocycles. The lowest BCUT2D eigenvalue weighted by Gasteiger charge is -2.56. The Morgan fingerprint density at radius 2 is 1.97 bits per heavy atom. The SMILES string of the molecule is C=C1CC[C@H]2[C@H](CN=[N+]=[N-])[C@@H]([C@@]3(C)C/C(=C\O)C(=O)C[C@@H]3CO[Si](C)(C)C(C)(C)C)CC[C@]12C. The molecule has 0 unspecified atom stereocenters. The number of carbonyl (C=O) groups is 1. The van der Waals surface area contributed by atoms with Gasteiger partial charge in [0, 0.05) is 30.1 Å². The number of azide groups is 1. The summed E-state index contributed by atoms with van der Waals surface area (Å²) in [6.07, 6.45) is 6.18. The first-order chi connectivity index (χ1) is 15.7. The second-order valence-corrected chi connectivity index (χ2v) is 17.9. The Hall–Kier alpha value is -1.56. The summed E-state index contributed by atoms with van der Waals surface area (Å²) in [5, 5.41) is 14.1. The lowest BCUT2D eigenvalue weighted by molar-refractivity contribution is -0.125. The minimum atomic E-state index is -1.98. The molecular weight excluding hydrogens is 442 g/mol. The molecule has 3 fully saturated rings. The van der Waals surface area contributed by atoms with Crippen LogP contribution in [0.2, 0.25) is 18.1 Å². The van der Waals surface area contributed by atoms with Gasteiger partial charge in [0.05, 0.1) is 6.26 Å². The zero-order valence-electron chi connectivity index (χ0n) is 22.4. The number of rotatable bonds is 6. The highest BCUT2D eigenvalue weighted by molar-refractivity contribution is 6.74. The highest BCUT2D eigenvalue weighted by Crippen LogP contribution is 2.63. The number of aliphatic hydroxyl groups is 1. The van der Waals surface area contributed by atoms with Gasteiger partial charge < -0.3 is 9.53 Å². The van der Waals surface area contributed by atoms with E-state index < -0.39 is 8.32 Å². The van der Waals surface area contributed by atoms with Crippen LogP contribution in [0.4, 0.5) is 0 Å². The summed E-state index contributed by atoms with van der Waals surface area (Å²) in [5.74, 6) is 1.07. The van der Waals surface area contributed by atoms with Crippen LogP contribution in [0.3, 0.4) is 0 Å². The van der Waals surface area contributed by atoms with Crippen molar-refractivity contribution in [1.82, 2.24) is 0 Å². The summed E-state index contributed by atoms with van der Waals surface area (Å²) < 4.78 is 6.69. The molecular formula is C27H45N3O3Si. The quantitative estimate of drug-likeness (QED) is 0.0789. The van der Waals surface area contributed by atoms with Crippen molar-refractivity contribution in [2.75, 3.05) is 13.2 Å². The van der Waals surface area contributed by atoms with E-state index in [2.05, 4.69) is 64.3 Å². The Labute approximate surface area is 207 Å². The van der Waals surface area contributed by atoms with E-state index in [4.69, 9.17) is 9.96 Å². The smallest absolute Gasteiger partial charge is 0.191 e. The van der Waals surface area contributed by atoms with Crippen LogP contribution in [0.5, 0.6) is 0 Å². The van der Waals surface area contributed by atoms with Crippen LogP contribution in [0, 0.1) is 34.5 Å². The molecule has 7 heteroatoms. The van der Waals surface area contributed by atoms with Crippen molar-refractivity contribution < 1.29 is 14.3 Å². The molecule has 6 atom stereocenters. The second-order valence-electron chi connectivity index (χ2n) is 13.1. The van der Waals surface area contributed by atoms with E-state index in [1.165, 1.54) is 5.57 Å². The van der Waals surface area contributed by atoms with Gasteiger partial charge in [-0.25, -0.2) is 0 Å². The van der Waals surface area contributed by atoms with Crippen molar-refractivity contribution in [3.63, 3.8) is 0 Å². The number of aliphatic hydroxyl groups excluding tert-OH is 1. The molecule has 0 aromatic rings. The molecule has 34 heavy (non-hydrogen) atoms. The van der Waals surface area contributed by atoms with Gasteiger partial charge in [-0.05, 0) is 90.3 Å². The van der Waals surface area contributed by atoms with Crippen LogP contribution in [0.15, 0.2) is 29.1 Å². The molecule has 3 aliphatic carbocycles. The zero-order chi connectivity index (χ0) is 25.5. The van der Waals surface area contributed by atoms with Gasteiger partial charge in [0.25, 0.3) is 0 Å². The van der Waals surface area contributed by atoms with Gasteiger partial charge in [0.15, 0.2) is 14.1 Å². The van der Waals surface area contributed by atoms with E-state index in [9.17, 15) is 9.90 Å². The Morgan fingerprint density at radius 3 is 2.56 bits per heavy atom. The number of fused-ring (bicyclic) bond motifs is 1. The predicted octanol–water partition coefficient (Wildman–Crippen LogP) is 7.74. The number of hydrogen-bond donors (Lipinski definition) is 1. The summed E-state index contributed by atoms with van der Waals surface area (Å²) >= 11 is 0. The molecule has 0 aromatic heterocycles. The van der Waals surface area contributed by atoms with Gasteiger partial charge >= 0.3 is 0 Å². The predicted molar refractivity (Wildman–Crippen MR) is 140 cm³/mol. The van der Waals surface area contributed by atoms with E-state index in [1.807, 2.05) is 0 Å². The summed E-state index contributed by atoms with van der Waals surface area (Å²) in [5.41, 5.74) is 10.9. The van der Waals surface area contributed by atoms with E-state index in [0.717, 1.165) is 31.9 Å². The highest BCUT2D eigenvalue weighted by atomic mass is 28.4. The third kappa shape index (κ3) is 4.63. The van der Waals surface area contributed by atoms with E-state index in [0.29, 0.717) is 37.5 Å². The number of carbonyl (C=O) groups excluding carboxylic acids is 1. The van der Waals surface area contributed by atoms with E-state index >= 15 is 0 Å². The maximum Gasteiger partial charge on any atom is 0.191 e. The molecule has 190 valence electrons. The minimum Gasteiger partial charge on any atom is -0.515 e. The summed E-state index contributed by atoms with van der Waals surface area (Å²) in [6, 6.07) is 0. The van der Waals surface area contributed by atoms with E-state index in [1.54, 1.807) is 0 Å². The largest absolute Gasteiger partial charge is 0.515 e. The zero-order valence-corrected chi connectivity index (χ0v) is 23.4. The maximum atomic E-state index is 12.9. The van der Waals surface area contributed by atoms with Crippen molar-refractivity contribution >= 4 is 14.1 Å². The molecule has 6 nitrogen and oxygen atoms in total. The highest BCUT2D eigenvalue weighted by Gasteiger charge is 2.57. The topological polar surface area (TPSA) is 95.3 Å². The van der Waals surface area contributed by atoms with Gasteiger partial charge in [-0.3, -0.25) is 4.79 Å². The summed E-state index contributed by atoms with van der Waals surface area (Å²) in [4.78, 5) is 16.0. The first kappa shape index (κ1) is 27.0. The molecule has 0 radical (unpaired) electrons. The standard InChI is InChI=1S/C27H45N3O3Si/c1-18-9-10-22-21(15-29-30-28)23(11-12-26(18,22)5)27(6)14-19(16-31)24(32)13-20(27)17-33-34(7,8)25(2,3)4/h16,20-23,31H,1,9-15,17H2,2-8H3/b19-16+/t20-,21+,22+,23+,26-,27+/m1/s1. The fourth-order valence-corrected chi connectivity index (χ4v) is 8.02. The van der Waals surface area contributed by atoms with Gasteiger partial charge in [-0.15, -0.1) is 0 Å². The number of Topliss-reactive ketones (excluding diaryl/α,β-unsaturated/α-hetero) is 1. The lowest BCUT2D eigenvalue weighted by Crippen LogP contribution is -2.53. The Balaban J connectivity index is 1.99. The molecule has 0 aliphatic heterocycles. The number of ketones is 1. The normalized spacial score (nSPS) is 38.0. The first-order valence-corrected chi connectivity index (χ1v) is 15.8. The molecule has 3 aliphatic rings. The van der Waals surface area contributed by atoms with Crippen molar-refractivity contribution in [3.05, 3.63) is 34.4 Å². The fourth-order valence-electron chi connectivity index (χ4n) is 6.97. The molecule has 0 spiro atoms. The van der Waals surface area contributed by atoms with Crippen LogP contribution in [-0.2, 0) is 9.22 Å². The van der Waals surface area contributed by atoms with Gasteiger partial charge in [-0.1, -0.05) is 51.9 Å². The number of allylic oxidation sites excluding steroid dienone is 2. The van der Waals surface area contributed by atoms with Crippen molar-refractivity contribution in [2.24, 2.45) is 39.6 Å². The molecule has 0 saturated heterocycles. The Morgan fingerprint density at radius 1 is 1.29 bits per heavy atom. The first-order valence-electron chi connectivity index (χ1n) is 12.9. The second kappa shape index (κ2) is 9.48. The number of nitrogens with zero attached hydrogens (tertiary/aromatic N) is 3. The minimum absolute atomic E-state index is 0.0327. The monoisotopic (exact) mass is 487 g/mol. The summed E-state index contributed by atoms with van der Waals surface area (Å²) in [6.45, 7) is 21.3. The van der Waals surface area contributed by atoms with Crippen molar-refractivity contribution in [2.45, 2.75) is 91.3 Å². The third-order valence-electron chi connectivity index (χ3n) is 10.5. The fraction of sp³-hybridized carbons (Fsp3) is 0.815. The molecule has 0 amide bonds. The van der Waals surface area contributed by atoms with Crippen LogP contribution >= 0.6 is 0 Å². The van der Waals surface area contributed by atoms with Crippen LogP contribution in [0.1, 0.15) is 73.1 Å². The van der Waals surface area contributed by atoms with E-state index in [-0.39, 0.29) is 39.4 Å². The molecule has 3 rings (SSSR count). The average molecular weight is 488 g/mol. The van der Waals surface area contributed by atoms with Gasteiger partial charge in [0.1, 0.15) is 0 Å². The molecule has 3 saturated carbocycles. The van der Waals surface area contributed by atoms with Crippen LogP contribution < -0.4 is 0 Å². The van der Waals surface area contributed by atoms with Crippen LogP contribution in [-0.4, -0.2) is 32.4 Å². The third-order valence-corrected chi connectivity index (χ3v) is 15.0. The Kier molecular flexibility index (Phi) is 7.53. The van der Waals surface area contributed by atoms with Crippen LogP contribution in [0.25, 0.3) is 10.4 Å². The molecule has 0 heterocycles. The number of hydrogen-bond acceptors (Lipinski definition) is 4. The van der Waals surface area contributed by atoms with Gasteiger partial charge in [-0.2, -0.15) is 0 Å². The summed E-state index contributed by atoms with van der Waals surface area (Å²) in [7, 11) is -1.98. The van der Waals surface area contributed by atoms with Crippen molar-refractivity contribution in [1.29, 1.82) is 0 Å². The maximum absolute atomic E-state index is 12.9. The molecule has 0 bridgehead atoms. The average Bonchev–Trinajstić information content (AvgIpc) is 3.06.